The molecule has 1 unspecified atom stereocenters. The first-order valence-corrected chi connectivity index (χ1v) is 15.2. The summed E-state index contributed by atoms with van der Waals surface area (Å²) in [6.45, 7) is 4.57. The molecule has 2 heteroatoms. The zero-order valence-corrected chi connectivity index (χ0v) is 23.7. The Kier molecular flexibility index (Phi) is 5.05. The monoisotopic (exact) mass is 551 g/mol. The van der Waals surface area contributed by atoms with E-state index in [1.807, 2.05) is 11.3 Å². The third-order valence-electron chi connectivity index (χ3n) is 8.85. The van der Waals surface area contributed by atoms with E-state index in [2.05, 4.69) is 140 Å². The Bertz CT molecular complexity index is 2320. The topological polar surface area (TPSA) is 12.4 Å². The van der Waals surface area contributed by atoms with E-state index in [0.29, 0.717) is 0 Å². The van der Waals surface area contributed by atoms with Gasteiger partial charge in [0.05, 0.1) is 11.4 Å². The second-order valence-electron chi connectivity index (χ2n) is 11.2. The smallest absolute Gasteiger partial charge is 0.0751 e. The van der Waals surface area contributed by atoms with Crippen molar-refractivity contribution in [2.24, 2.45) is 4.99 Å². The fraction of sp³-hybridized carbons (Fsp3) is 0.0250. The molecular formula is C40H25NS. The van der Waals surface area contributed by atoms with Crippen LogP contribution in [0.15, 0.2) is 151 Å². The summed E-state index contributed by atoms with van der Waals surface area (Å²) in [7, 11) is 0. The van der Waals surface area contributed by atoms with Crippen molar-refractivity contribution in [3.05, 3.63) is 168 Å². The van der Waals surface area contributed by atoms with E-state index < -0.39 is 0 Å². The lowest BCUT2D eigenvalue weighted by atomic mass is 9.81. The number of hydrogen-bond donors (Lipinski definition) is 0. The van der Waals surface area contributed by atoms with Gasteiger partial charge < -0.3 is 0 Å². The van der Waals surface area contributed by atoms with E-state index in [4.69, 9.17) is 4.99 Å². The molecule has 0 saturated carbocycles. The molecule has 0 bridgehead atoms. The largest absolute Gasteiger partial charge is 0.247 e. The van der Waals surface area contributed by atoms with Crippen molar-refractivity contribution in [3.8, 4) is 11.1 Å². The number of nitrogens with zero attached hydrogens (tertiary/aromatic N) is 1. The van der Waals surface area contributed by atoms with Crippen LogP contribution in [0.5, 0.6) is 0 Å². The number of para-hydroxylation sites is 1. The maximum atomic E-state index is 5.40. The third kappa shape index (κ3) is 3.39. The molecule has 2 heterocycles. The van der Waals surface area contributed by atoms with Crippen LogP contribution in [0.2, 0.25) is 0 Å². The Balaban J connectivity index is 1.40. The molecule has 7 aromatic rings. The van der Waals surface area contributed by atoms with Gasteiger partial charge >= 0.3 is 0 Å². The Labute approximate surface area is 248 Å². The first kappa shape index (κ1) is 23.6. The molecule has 0 N–H and O–H groups in total. The maximum absolute atomic E-state index is 5.40. The summed E-state index contributed by atoms with van der Waals surface area (Å²) < 4.78 is 2.65. The first-order chi connectivity index (χ1) is 20.7. The number of thiophene rings is 1. The number of hydrogen-bond acceptors (Lipinski definition) is 2. The highest BCUT2D eigenvalue weighted by molar-refractivity contribution is 7.25. The van der Waals surface area contributed by atoms with Crippen molar-refractivity contribution >= 4 is 59.3 Å². The minimum absolute atomic E-state index is 0.0146. The summed E-state index contributed by atoms with van der Waals surface area (Å²) in [6, 6.07) is 46.1. The van der Waals surface area contributed by atoms with Gasteiger partial charge in [-0.15, -0.1) is 11.3 Å². The third-order valence-corrected chi connectivity index (χ3v) is 9.99. The highest BCUT2D eigenvalue weighted by atomic mass is 32.1. The van der Waals surface area contributed by atoms with Gasteiger partial charge in [-0.3, -0.25) is 0 Å². The Hall–Kier alpha value is -5.05. The Morgan fingerprint density at radius 1 is 0.595 bits per heavy atom. The minimum Gasteiger partial charge on any atom is -0.247 e. The molecule has 1 atom stereocenters. The SMILES string of the molecule is C=C1C=C(C2c3cc4sc5ccccc5c4cc3-c3ccc4ccccc4c32)C(c2ccccc2)=Nc2ccccc21. The molecule has 0 radical (unpaired) electrons. The predicted octanol–water partition coefficient (Wildman–Crippen LogP) is 11.1. The van der Waals surface area contributed by atoms with Gasteiger partial charge in [0.1, 0.15) is 0 Å². The van der Waals surface area contributed by atoms with Gasteiger partial charge in [0.2, 0.25) is 0 Å². The summed E-state index contributed by atoms with van der Waals surface area (Å²) in [5.41, 5.74) is 11.7. The van der Waals surface area contributed by atoms with Crippen LogP contribution in [0, 0.1) is 0 Å². The number of fused-ring (bicyclic) bond motifs is 9. The molecule has 196 valence electrons. The van der Waals surface area contributed by atoms with Crippen LogP contribution in [0.4, 0.5) is 5.69 Å². The molecule has 0 fully saturated rings. The van der Waals surface area contributed by atoms with Gasteiger partial charge in [0, 0.05) is 37.2 Å². The molecule has 2 aliphatic rings. The summed E-state index contributed by atoms with van der Waals surface area (Å²) in [4.78, 5) is 5.40. The van der Waals surface area contributed by atoms with E-state index in [1.165, 1.54) is 58.8 Å². The standard InChI is InChI=1S/C40H25NS/c1-24-21-34(40(26-12-3-2-4-13-26)41-35-17-9-7-14-27(24)35)39-33-23-37-32(29-16-8-10-18-36(29)42-37)22-31(33)30-20-19-25-11-5-6-15-28(25)38(30)39/h2-23,39H,1H2. The molecule has 6 aromatic carbocycles. The number of aliphatic imine (C=N–C) groups is 1. The summed E-state index contributed by atoms with van der Waals surface area (Å²) in [5, 5.41) is 5.22. The fourth-order valence-electron chi connectivity index (χ4n) is 6.99. The molecule has 9 rings (SSSR count). The van der Waals surface area contributed by atoms with Gasteiger partial charge in [0.25, 0.3) is 0 Å². The van der Waals surface area contributed by atoms with Crippen molar-refractivity contribution in [1.82, 2.24) is 0 Å². The zero-order chi connectivity index (χ0) is 27.8. The van der Waals surface area contributed by atoms with Crippen LogP contribution in [0.1, 0.15) is 28.2 Å². The molecule has 0 saturated heterocycles. The second-order valence-corrected chi connectivity index (χ2v) is 12.3. The molecule has 1 aliphatic carbocycles. The molecule has 0 spiro atoms. The fourth-order valence-corrected chi connectivity index (χ4v) is 8.12. The lowest BCUT2D eigenvalue weighted by Crippen LogP contribution is -2.13. The second kappa shape index (κ2) is 8.97. The number of benzene rings is 6. The van der Waals surface area contributed by atoms with Crippen LogP contribution in [-0.4, -0.2) is 5.71 Å². The van der Waals surface area contributed by atoms with E-state index >= 15 is 0 Å². The summed E-state index contributed by atoms with van der Waals surface area (Å²) in [5.74, 6) is 0.0146. The Morgan fingerprint density at radius 3 is 2.26 bits per heavy atom. The summed E-state index contributed by atoms with van der Waals surface area (Å²) in [6.07, 6.45) is 2.30. The van der Waals surface area contributed by atoms with E-state index in [-0.39, 0.29) is 5.92 Å². The van der Waals surface area contributed by atoms with Gasteiger partial charge in [-0.25, -0.2) is 4.99 Å². The zero-order valence-electron chi connectivity index (χ0n) is 22.8. The van der Waals surface area contributed by atoms with Crippen molar-refractivity contribution in [1.29, 1.82) is 0 Å². The van der Waals surface area contributed by atoms with E-state index in [9.17, 15) is 0 Å². The van der Waals surface area contributed by atoms with Crippen LogP contribution >= 0.6 is 11.3 Å². The average Bonchev–Trinajstić information content (AvgIpc) is 3.52. The highest BCUT2D eigenvalue weighted by Crippen LogP contribution is 2.54. The van der Waals surface area contributed by atoms with Gasteiger partial charge in [-0.1, -0.05) is 110 Å². The van der Waals surface area contributed by atoms with E-state index in [0.717, 1.165) is 28.1 Å². The average molecular weight is 552 g/mol. The van der Waals surface area contributed by atoms with Crippen LogP contribution in [0.3, 0.4) is 0 Å². The van der Waals surface area contributed by atoms with Crippen LogP contribution in [0.25, 0.3) is 47.6 Å². The van der Waals surface area contributed by atoms with Crippen molar-refractivity contribution < 1.29 is 0 Å². The molecule has 1 aromatic heterocycles. The predicted molar refractivity (Wildman–Crippen MR) is 180 cm³/mol. The molecule has 1 nitrogen and oxygen atoms in total. The van der Waals surface area contributed by atoms with Gasteiger partial charge in [-0.05, 0) is 74.5 Å². The molecular weight excluding hydrogens is 527 g/mol. The van der Waals surface area contributed by atoms with Crippen molar-refractivity contribution in [2.75, 3.05) is 0 Å². The van der Waals surface area contributed by atoms with Crippen molar-refractivity contribution in [3.63, 3.8) is 0 Å². The molecule has 42 heavy (non-hydrogen) atoms. The van der Waals surface area contributed by atoms with E-state index in [1.54, 1.807) is 0 Å². The molecule has 0 amide bonds. The lowest BCUT2D eigenvalue weighted by Gasteiger charge is -2.21. The normalized spacial score (nSPS) is 15.7. The number of rotatable bonds is 2. The molecule has 1 aliphatic heterocycles. The summed E-state index contributed by atoms with van der Waals surface area (Å²) >= 11 is 1.88. The van der Waals surface area contributed by atoms with Crippen LogP contribution < -0.4 is 0 Å². The lowest BCUT2D eigenvalue weighted by molar-refractivity contribution is 1.05. The van der Waals surface area contributed by atoms with Crippen molar-refractivity contribution in [2.45, 2.75) is 5.92 Å². The van der Waals surface area contributed by atoms with Gasteiger partial charge in [0.15, 0.2) is 0 Å². The minimum atomic E-state index is 0.0146. The Morgan fingerprint density at radius 2 is 1.36 bits per heavy atom. The van der Waals surface area contributed by atoms with Crippen LogP contribution in [-0.2, 0) is 0 Å². The number of allylic oxidation sites excluding steroid dienone is 3. The quantitative estimate of drug-likeness (QED) is 0.203. The van der Waals surface area contributed by atoms with Gasteiger partial charge in [-0.2, -0.15) is 0 Å². The highest BCUT2D eigenvalue weighted by Gasteiger charge is 2.36. The first-order valence-electron chi connectivity index (χ1n) is 14.4. The maximum Gasteiger partial charge on any atom is 0.0751 e.